The summed E-state index contributed by atoms with van der Waals surface area (Å²) in [7, 11) is 0. The number of hydrogen-bond donors (Lipinski definition) is 0. The van der Waals surface area contributed by atoms with Crippen molar-refractivity contribution >= 4 is 6.21 Å². The molecule has 0 amide bonds. The maximum atomic E-state index is 4.48. The molecule has 1 aliphatic heterocycles. The Balaban J connectivity index is 3.22. The largest absolute Gasteiger partial charge is 0.257 e. The number of allylic oxidation sites excluding steroid dienone is 6. The van der Waals surface area contributed by atoms with Crippen molar-refractivity contribution in [2.45, 2.75) is 27.7 Å². The molecule has 1 heteroatoms. The summed E-state index contributed by atoms with van der Waals surface area (Å²) in [5.41, 5.74) is 1.96. The van der Waals surface area contributed by atoms with Gasteiger partial charge in [0.2, 0.25) is 0 Å². The van der Waals surface area contributed by atoms with Crippen LogP contribution in [-0.2, 0) is 0 Å². The predicted octanol–water partition coefficient (Wildman–Crippen LogP) is 4.86. The standard InChI is InChI=1S/C17H23N/c1-7-14(12-16(3,4)8-2)15-13-17(5,6)10-9-11-18-15/h7-13H,1-2H2,3-6H3/b14-12+. The van der Waals surface area contributed by atoms with E-state index in [0.29, 0.717) is 0 Å². The van der Waals surface area contributed by atoms with E-state index in [1.54, 1.807) is 0 Å². The van der Waals surface area contributed by atoms with Crippen molar-refractivity contribution in [3.63, 3.8) is 0 Å². The quantitative estimate of drug-likeness (QED) is 0.492. The van der Waals surface area contributed by atoms with Crippen LogP contribution < -0.4 is 0 Å². The molecule has 0 saturated heterocycles. The topological polar surface area (TPSA) is 12.4 Å². The Labute approximate surface area is 111 Å². The van der Waals surface area contributed by atoms with Gasteiger partial charge in [0, 0.05) is 17.0 Å². The Bertz CT molecular complexity index is 454. The lowest BCUT2D eigenvalue weighted by atomic mass is 9.87. The first-order valence-electron chi connectivity index (χ1n) is 6.24. The zero-order valence-electron chi connectivity index (χ0n) is 11.9. The lowest BCUT2D eigenvalue weighted by molar-refractivity contribution is 0.616. The second-order valence-corrected chi connectivity index (χ2v) is 5.82. The summed E-state index contributed by atoms with van der Waals surface area (Å²) in [6.45, 7) is 16.3. The SMILES string of the molecule is C=C/C(=C\C(C)(C)C=C)C1=CC(C)(C)C=CC=N1. The minimum atomic E-state index is -0.0657. The molecule has 0 atom stereocenters. The van der Waals surface area contributed by atoms with Gasteiger partial charge in [-0.3, -0.25) is 4.99 Å². The highest BCUT2D eigenvalue weighted by Crippen LogP contribution is 2.29. The molecule has 1 nitrogen and oxygen atoms in total. The fourth-order valence-corrected chi connectivity index (χ4v) is 1.71. The monoisotopic (exact) mass is 241 g/mol. The molecule has 96 valence electrons. The van der Waals surface area contributed by atoms with Gasteiger partial charge in [-0.25, -0.2) is 0 Å². The molecule has 0 aliphatic carbocycles. The summed E-state index contributed by atoms with van der Waals surface area (Å²) >= 11 is 0. The van der Waals surface area contributed by atoms with Crippen LogP contribution in [0.25, 0.3) is 0 Å². The Morgan fingerprint density at radius 3 is 2.56 bits per heavy atom. The van der Waals surface area contributed by atoms with Crippen molar-refractivity contribution < 1.29 is 0 Å². The molecule has 0 bridgehead atoms. The van der Waals surface area contributed by atoms with Crippen LogP contribution in [-0.4, -0.2) is 6.21 Å². The molecule has 0 aromatic heterocycles. The third-order valence-electron chi connectivity index (χ3n) is 2.90. The van der Waals surface area contributed by atoms with E-state index in [9.17, 15) is 0 Å². The molecule has 0 unspecified atom stereocenters. The third-order valence-corrected chi connectivity index (χ3v) is 2.90. The molecule has 1 rings (SSSR count). The summed E-state index contributed by atoms with van der Waals surface area (Å²) in [6, 6.07) is 0. The average molecular weight is 241 g/mol. The van der Waals surface area contributed by atoms with Gasteiger partial charge in [-0.1, -0.05) is 58.6 Å². The molecule has 0 aromatic carbocycles. The fourth-order valence-electron chi connectivity index (χ4n) is 1.71. The molecule has 1 aliphatic rings. The van der Waals surface area contributed by atoms with Crippen LogP contribution in [0, 0.1) is 10.8 Å². The maximum absolute atomic E-state index is 4.48. The smallest absolute Gasteiger partial charge is 0.0667 e. The predicted molar refractivity (Wildman–Crippen MR) is 81.8 cm³/mol. The van der Waals surface area contributed by atoms with E-state index < -0.39 is 0 Å². The average Bonchev–Trinajstić information content (AvgIpc) is 2.47. The van der Waals surface area contributed by atoms with Crippen LogP contribution in [0.4, 0.5) is 0 Å². The van der Waals surface area contributed by atoms with Gasteiger partial charge in [0.05, 0.1) is 5.70 Å². The van der Waals surface area contributed by atoms with E-state index in [0.717, 1.165) is 11.3 Å². The van der Waals surface area contributed by atoms with Crippen LogP contribution in [0.3, 0.4) is 0 Å². The summed E-state index contributed by atoms with van der Waals surface area (Å²) in [5.74, 6) is 0. The van der Waals surface area contributed by atoms with Crippen molar-refractivity contribution in [1.82, 2.24) is 0 Å². The molecule has 0 spiro atoms. The van der Waals surface area contributed by atoms with E-state index in [4.69, 9.17) is 0 Å². The van der Waals surface area contributed by atoms with Crippen molar-refractivity contribution in [3.8, 4) is 0 Å². The number of nitrogens with zero attached hydrogens (tertiary/aromatic N) is 1. The van der Waals surface area contributed by atoms with Crippen molar-refractivity contribution in [2.75, 3.05) is 0 Å². The Morgan fingerprint density at radius 1 is 1.33 bits per heavy atom. The number of aliphatic imine (C=N–C) groups is 1. The lowest BCUT2D eigenvalue weighted by Gasteiger charge is -2.18. The highest BCUT2D eigenvalue weighted by molar-refractivity contribution is 5.74. The minimum absolute atomic E-state index is 0.00621. The van der Waals surface area contributed by atoms with E-state index in [1.807, 2.05) is 24.4 Å². The highest BCUT2D eigenvalue weighted by atomic mass is 14.7. The van der Waals surface area contributed by atoms with Gasteiger partial charge in [0.15, 0.2) is 0 Å². The summed E-state index contributed by atoms with van der Waals surface area (Å²) in [6.07, 6.45) is 14.1. The van der Waals surface area contributed by atoms with Crippen molar-refractivity contribution in [1.29, 1.82) is 0 Å². The molecule has 18 heavy (non-hydrogen) atoms. The zero-order chi connectivity index (χ0) is 13.8. The molecule has 0 N–H and O–H groups in total. The van der Waals surface area contributed by atoms with Gasteiger partial charge in [0.1, 0.15) is 0 Å². The van der Waals surface area contributed by atoms with Crippen molar-refractivity contribution in [2.24, 2.45) is 15.8 Å². The fraction of sp³-hybridized carbons (Fsp3) is 0.353. The summed E-state index contributed by atoms with van der Waals surface area (Å²) in [4.78, 5) is 4.48. The third kappa shape index (κ3) is 3.99. The first-order chi connectivity index (χ1) is 8.29. The Hall–Kier alpha value is -1.63. The van der Waals surface area contributed by atoms with E-state index in [-0.39, 0.29) is 10.8 Å². The van der Waals surface area contributed by atoms with Gasteiger partial charge in [-0.2, -0.15) is 0 Å². The van der Waals surface area contributed by atoms with E-state index in [1.165, 1.54) is 0 Å². The van der Waals surface area contributed by atoms with Crippen LogP contribution in [0.2, 0.25) is 0 Å². The van der Waals surface area contributed by atoms with E-state index in [2.05, 4.69) is 64.1 Å². The van der Waals surface area contributed by atoms with Gasteiger partial charge >= 0.3 is 0 Å². The zero-order valence-corrected chi connectivity index (χ0v) is 11.9. The molecule has 0 fully saturated rings. The molecule has 0 saturated carbocycles. The Kier molecular flexibility index (Phi) is 4.28. The van der Waals surface area contributed by atoms with E-state index >= 15 is 0 Å². The van der Waals surface area contributed by atoms with Crippen LogP contribution >= 0.6 is 0 Å². The molecule has 0 radical (unpaired) electrons. The second kappa shape index (κ2) is 5.34. The molecular weight excluding hydrogens is 218 g/mol. The summed E-state index contributed by atoms with van der Waals surface area (Å²) in [5, 5.41) is 0. The molecule has 0 aromatic rings. The van der Waals surface area contributed by atoms with Gasteiger partial charge < -0.3 is 0 Å². The van der Waals surface area contributed by atoms with Gasteiger partial charge in [-0.15, -0.1) is 6.58 Å². The van der Waals surface area contributed by atoms with Crippen molar-refractivity contribution in [3.05, 3.63) is 60.9 Å². The lowest BCUT2D eigenvalue weighted by Crippen LogP contribution is -2.06. The number of rotatable bonds is 4. The Morgan fingerprint density at radius 2 is 2.00 bits per heavy atom. The first kappa shape index (κ1) is 14.4. The van der Waals surface area contributed by atoms with Crippen LogP contribution in [0.1, 0.15) is 27.7 Å². The minimum Gasteiger partial charge on any atom is -0.257 e. The van der Waals surface area contributed by atoms with Gasteiger partial charge in [-0.05, 0) is 17.7 Å². The van der Waals surface area contributed by atoms with Crippen LogP contribution in [0.5, 0.6) is 0 Å². The highest BCUT2D eigenvalue weighted by Gasteiger charge is 2.16. The summed E-state index contributed by atoms with van der Waals surface area (Å²) < 4.78 is 0. The number of hydrogen-bond acceptors (Lipinski definition) is 1. The molecule has 1 heterocycles. The van der Waals surface area contributed by atoms with Gasteiger partial charge in [0.25, 0.3) is 0 Å². The molecular formula is C17H23N. The second-order valence-electron chi connectivity index (χ2n) is 5.82. The first-order valence-corrected chi connectivity index (χ1v) is 6.24. The van der Waals surface area contributed by atoms with Crippen LogP contribution in [0.15, 0.2) is 65.9 Å². The normalized spacial score (nSPS) is 19.1. The maximum Gasteiger partial charge on any atom is 0.0667 e.